The number of benzene rings is 1. The van der Waals surface area contributed by atoms with Crippen molar-refractivity contribution in [1.29, 1.82) is 0 Å². The highest BCUT2D eigenvalue weighted by Crippen LogP contribution is 2.29. The molecular weight excluding hydrogens is 303 g/mol. The molecule has 0 saturated carbocycles. The lowest BCUT2D eigenvalue weighted by Gasteiger charge is -2.15. The quantitative estimate of drug-likeness (QED) is 0.672. The molecule has 0 amide bonds. The van der Waals surface area contributed by atoms with Gasteiger partial charge in [0.25, 0.3) is 0 Å². The molecule has 0 fully saturated rings. The molecule has 90 valence electrons. The Bertz CT molecular complexity index is 507. The average Bonchev–Trinajstić information content (AvgIpc) is 2.64. The number of hydrogen-bond acceptors (Lipinski definition) is 3. The Labute approximate surface area is 112 Å². The Morgan fingerprint density at radius 3 is 2.59 bits per heavy atom. The third-order valence-electron chi connectivity index (χ3n) is 2.49. The molecule has 1 aromatic carbocycles. The molecule has 1 heterocycles. The Morgan fingerprint density at radius 2 is 2.06 bits per heavy atom. The van der Waals surface area contributed by atoms with Crippen molar-refractivity contribution in [3.63, 3.8) is 0 Å². The van der Waals surface area contributed by atoms with Crippen LogP contribution < -0.4 is 11.3 Å². The third-order valence-corrected chi connectivity index (χ3v) is 4.01. The fourth-order valence-electron chi connectivity index (χ4n) is 1.79. The van der Waals surface area contributed by atoms with E-state index in [1.165, 1.54) is 12.1 Å². The van der Waals surface area contributed by atoms with Gasteiger partial charge in [0.05, 0.1) is 9.83 Å². The summed E-state index contributed by atoms with van der Waals surface area (Å²) in [4.78, 5) is 0. The van der Waals surface area contributed by atoms with Crippen LogP contribution in [-0.2, 0) is 0 Å². The maximum absolute atomic E-state index is 13.4. The second kappa shape index (κ2) is 5.27. The minimum atomic E-state index is -0.241. The van der Waals surface area contributed by atoms with E-state index in [9.17, 15) is 4.39 Å². The van der Waals surface area contributed by atoms with Gasteiger partial charge >= 0.3 is 0 Å². The summed E-state index contributed by atoms with van der Waals surface area (Å²) >= 11 is 4.99. The van der Waals surface area contributed by atoms with E-state index in [1.54, 1.807) is 11.3 Å². The molecule has 17 heavy (non-hydrogen) atoms. The molecule has 2 rings (SSSR count). The summed E-state index contributed by atoms with van der Waals surface area (Å²) in [7, 11) is 0. The third kappa shape index (κ3) is 2.93. The van der Waals surface area contributed by atoms with Gasteiger partial charge in [-0.15, -0.1) is 11.3 Å². The molecule has 0 aliphatic heterocycles. The number of hydrazine groups is 1. The van der Waals surface area contributed by atoms with Crippen LogP contribution in [0.4, 0.5) is 4.39 Å². The van der Waals surface area contributed by atoms with Gasteiger partial charge in [-0.1, -0.05) is 6.07 Å². The largest absolute Gasteiger partial charge is 0.271 e. The van der Waals surface area contributed by atoms with Gasteiger partial charge in [-0.3, -0.25) is 5.84 Å². The van der Waals surface area contributed by atoms with E-state index in [-0.39, 0.29) is 11.9 Å². The van der Waals surface area contributed by atoms with Gasteiger partial charge in [-0.05, 0) is 63.1 Å². The van der Waals surface area contributed by atoms with Gasteiger partial charge < -0.3 is 0 Å². The van der Waals surface area contributed by atoms with Gasteiger partial charge in [0.2, 0.25) is 0 Å². The number of halogens is 2. The minimum absolute atomic E-state index is 0.188. The van der Waals surface area contributed by atoms with Crippen LogP contribution in [0.5, 0.6) is 0 Å². The smallest absolute Gasteiger partial charge is 0.123 e. The second-order valence-corrected chi connectivity index (χ2v) is 6.14. The first kappa shape index (κ1) is 12.7. The van der Waals surface area contributed by atoms with Crippen LogP contribution >= 0.6 is 27.3 Å². The second-order valence-electron chi connectivity index (χ2n) is 3.85. The predicted molar refractivity (Wildman–Crippen MR) is 72.3 cm³/mol. The molecular formula is C12H12BrFN2S. The summed E-state index contributed by atoms with van der Waals surface area (Å²) in [5.74, 6) is 5.32. The monoisotopic (exact) mass is 314 g/mol. The van der Waals surface area contributed by atoms with Crippen molar-refractivity contribution in [1.82, 2.24) is 5.43 Å². The Kier molecular flexibility index (Phi) is 3.93. The molecule has 1 atom stereocenters. The lowest BCUT2D eigenvalue weighted by Crippen LogP contribution is -2.28. The molecule has 3 N–H and O–H groups in total. The van der Waals surface area contributed by atoms with Crippen LogP contribution in [0.3, 0.4) is 0 Å². The minimum Gasteiger partial charge on any atom is -0.271 e. The lowest BCUT2D eigenvalue weighted by molar-refractivity contribution is 0.604. The zero-order chi connectivity index (χ0) is 12.4. The van der Waals surface area contributed by atoms with Crippen molar-refractivity contribution < 1.29 is 4.39 Å². The Hall–Kier alpha value is -0.750. The fraction of sp³-hybridized carbons (Fsp3) is 0.167. The molecule has 0 radical (unpaired) electrons. The number of hydrogen-bond donors (Lipinski definition) is 2. The van der Waals surface area contributed by atoms with E-state index in [0.717, 1.165) is 20.5 Å². The summed E-state index contributed by atoms with van der Waals surface area (Å²) in [5, 5.41) is 1.99. The van der Waals surface area contributed by atoms with Gasteiger partial charge in [-0.2, -0.15) is 0 Å². The Morgan fingerprint density at radius 1 is 1.29 bits per heavy atom. The first-order valence-corrected chi connectivity index (χ1v) is 6.74. The maximum Gasteiger partial charge on any atom is 0.123 e. The number of nitrogens with one attached hydrogen (secondary N) is 1. The molecule has 2 aromatic rings. The molecule has 5 heteroatoms. The highest BCUT2D eigenvalue weighted by Gasteiger charge is 2.15. The van der Waals surface area contributed by atoms with Gasteiger partial charge in [0, 0.05) is 0 Å². The number of rotatable bonds is 3. The van der Waals surface area contributed by atoms with E-state index in [4.69, 9.17) is 5.84 Å². The van der Waals surface area contributed by atoms with Crippen LogP contribution in [-0.4, -0.2) is 0 Å². The SMILES string of the molecule is Cc1cc(F)cc(C(NN)c2csc(Br)c2)c1. The number of thiophene rings is 1. The molecule has 0 aliphatic rings. The molecule has 0 bridgehead atoms. The Balaban J connectivity index is 2.41. The molecule has 1 unspecified atom stereocenters. The summed E-state index contributed by atoms with van der Waals surface area (Å²) in [5.41, 5.74) is 5.46. The first-order valence-electron chi connectivity index (χ1n) is 5.07. The van der Waals surface area contributed by atoms with E-state index in [1.807, 2.05) is 24.4 Å². The first-order chi connectivity index (χ1) is 8.10. The maximum atomic E-state index is 13.4. The number of nitrogens with two attached hydrogens (primary N) is 1. The van der Waals surface area contributed by atoms with Crippen molar-refractivity contribution in [3.05, 3.63) is 55.9 Å². The van der Waals surface area contributed by atoms with E-state index in [0.29, 0.717) is 0 Å². The summed E-state index contributed by atoms with van der Waals surface area (Å²) in [6, 6.07) is 6.73. The molecule has 2 nitrogen and oxygen atoms in total. The molecule has 0 saturated heterocycles. The highest BCUT2D eigenvalue weighted by atomic mass is 79.9. The van der Waals surface area contributed by atoms with Crippen molar-refractivity contribution in [2.45, 2.75) is 13.0 Å². The van der Waals surface area contributed by atoms with Gasteiger partial charge in [0.1, 0.15) is 5.82 Å². The van der Waals surface area contributed by atoms with E-state index in [2.05, 4.69) is 21.4 Å². The van der Waals surface area contributed by atoms with Crippen LogP contribution in [0.2, 0.25) is 0 Å². The van der Waals surface area contributed by atoms with Crippen molar-refractivity contribution in [2.24, 2.45) is 5.84 Å². The summed E-state index contributed by atoms with van der Waals surface area (Å²) < 4.78 is 14.4. The van der Waals surface area contributed by atoms with Crippen molar-refractivity contribution in [2.75, 3.05) is 0 Å². The summed E-state index contributed by atoms with van der Waals surface area (Å²) in [6.07, 6.45) is 0. The lowest BCUT2D eigenvalue weighted by atomic mass is 10.00. The van der Waals surface area contributed by atoms with Gasteiger partial charge in [0.15, 0.2) is 0 Å². The summed E-state index contributed by atoms with van der Waals surface area (Å²) in [6.45, 7) is 1.86. The van der Waals surface area contributed by atoms with Crippen LogP contribution in [0.1, 0.15) is 22.7 Å². The van der Waals surface area contributed by atoms with Crippen LogP contribution in [0.25, 0.3) is 0 Å². The predicted octanol–water partition coefficient (Wildman–Crippen LogP) is 3.51. The molecule has 0 spiro atoms. The zero-order valence-corrected chi connectivity index (χ0v) is 11.6. The van der Waals surface area contributed by atoms with Gasteiger partial charge in [-0.25, -0.2) is 9.82 Å². The fourth-order valence-corrected chi connectivity index (χ4v) is 2.99. The average molecular weight is 315 g/mol. The van der Waals surface area contributed by atoms with Crippen LogP contribution in [0.15, 0.2) is 33.4 Å². The normalized spacial score (nSPS) is 12.7. The van der Waals surface area contributed by atoms with Crippen LogP contribution in [0, 0.1) is 12.7 Å². The zero-order valence-electron chi connectivity index (χ0n) is 9.21. The highest BCUT2D eigenvalue weighted by molar-refractivity contribution is 9.11. The van der Waals surface area contributed by atoms with Crippen molar-refractivity contribution in [3.8, 4) is 0 Å². The van der Waals surface area contributed by atoms with E-state index < -0.39 is 0 Å². The molecule has 0 aliphatic carbocycles. The standard InChI is InChI=1S/C12H12BrFN2S/c1-7-2-8(4-10(14)3-7)12(16-15)9-5-11(13)17-6-9/h2-6,12,16H,15H2,1H3. The number of aryl methyl sites for hydroxylation is 1. The van der Waals surface area contributed by atoms with Crippen molar-refractivity contribution >= 4 is 27.3 Å². The topological polar surface area (TPSA) is 38.0 Å². The molecule has 1 aromatic heterocycles. The van der Waals surface area contributed by atoms with E-state index >= 15 is 0 Å².